The van der Waals surface area contributed by atoms with Gasteiger partial charge in [0.05, 0.1) is 18.3 Å². The Kier molecular flexibility index (Phi) is 5.29. The Morgan fingerprint density at radius 1 is 1.36 bits per heavy atom. The van der Waals surface area contributed by atoms with Crippen molar-refractivity contribution in [3.63, 3.8) is 0 Å². The second-order valence-corrected chi connectivity index (χ2v) is 8.63. The number of likely N-dealkylation sites (N-methyl/N-ethyl adjacent to an activating group) is 1. The number of benzene rings is 1. The van der Waals surface area contributed by atoms with Gasteiger partial charge in [0, 0.05) is 17.2 Å². The van der Waals surface area contributed by atoms with Gasteiger partial charge < -0.3 is 10.2 Å². The van der Waals surface area contributed by atoms with E-state index < -0.39 is 0 Å². The number of amides is 1. The molecule has 0 bridgehead atoms. The van der Waals surface area contributed by atoms with Crippen LogP contribution in [0.25, 0.3) is 11.0 Å². The molecule has 2 N–H and O–H groups in total. The average Bonchev–Trinajstić information content (AvgIpc) is 3.02. The van der Waals surface area contributed by atoms with Crippen LogP contribution >= 0.6 is 15.9 Å². The maximum Gasteiger partial charge on any atom is 0.263 e. The Hall–Kier alpha value is -2.68. The molecule has 0 aliphatic heterocycles. The average molecular weight is 447 g/mol. The lowest BCUT2D eigenvalue weighted by molar-refractivity contribution is -0.114. The van der Waals surface area contributed by atoms with Crippen molar-refractivity contribution >= 4 is 44.5 Å². The summed E-state index contributed by atoms with van der Waals surface area (Å²) in [5.74, 6) is 0.103. The number of carbonyl (C=O) groups is 1. The number of H-pyrrole nitrogens is 1. The van der Waals surface area contributed by atoms with Crippen LogP contribution in [-0.4, -0.2) is 39.2 Å². The fourth-order valence-corrected chi connectivity index (χ4v) is 3.30. The van der Waals surface area contributed by atoms with Gasteiger partial charge in [-0.25, -0.2) is 4.68 Å². The number of aryl methyl sites for hydroxylation is 1. The summed E-state index contributed by atoms with van der Waals surface area (Å²) >= 11 is 3.41. The highest BCUT2D eigenvalue weighted by Crippen LogP contribution is 2.21. The molecule has 9 heteroatoms. The Bertz CT molecular complexity index is 1100. The van der Waals surface area contributed by atoms with Gasteiger partial charge in [0.25, 0.3) is 5.56 Å². The van der Waals surface area contributed by atoms with E-state index in [0.717, 1.165) is 15.7 Å². The number of halogens is 1. The van der Waals surface area contributed by atoms with Crippen LogP contribution in [0.15, 0.2) is 33.7 Å². The number of carbonyl (C=O) groups excluding carboxylic acids is 1. The van der Waals surface area contributed by atoms with Crippen molar-refractivity contribution in [2.24, 2.45) is 0 Å². The SMILES string of the molecule is Cc1cc(Br)ccc1NC(=O)CN(C)c1nc2c(cnn2C(C)(C)C)c(=O)[nH]1. The van der Waals surface area contributed by atoms with E-state index in [2.05, 4.69) is 36.3 Å². The maximum absolute atomic E-state index is 12.5. The molecule has 1 amide bonds. The predicted molar refractivity (Wildman–Crippen MR) is 114 cm³/mol. The fraction of sp³-hybridized carbons (Fsp3) is 0.368. The lowest BCUT2D eigenvalue weighted by Crippen LogP contribution is -2.33. The molecular formula is C19H23BrN6O2. The first kappa shape index (κ1) is 20.1. The molecule has 3 rings (SSSR count). The fourth-order valence-electron chi connectivity index (χ4n) is 2.83. The van der Waals surface area contributed by atoms with Crippen LogP contribution in [0, 0.1) is 6.92 Å². The number of nitrogens with one attached hydrogen (secondary N) is 2. The van der Waals surface area contributed by atoms with Gasteiger partial charge in [-0.05, 0) is 51.5 Å². The lowest BCUT2D eigenvalue weighted by Gasteiger charge is -2.21. The Balaban J connectivity index is 1.84. The Morgan fingerprint density at radius 3 is 2.71 bits per heavy atom. The van der Waals surface area contributed by atoms with Crippen molar-refractivity contribution < 1.29 is 4.79 Å². The zero-order valence-electron chi connectivity index (χ0n) is 16.5. The van der Waals surface area contributed by atoms with E-state index in [1.54, 1.807) is 16.6 Å². The third kappa shape index (κ3) is 4.09. The summed E-state index contributed by atoms with van der Waals surface area (Å²) in [5.41, 5.74) is 1.57. The molecule has 3 aromatic rings. The molecule has 1 aromatic carbocycles. The Labute approximate surface area is 171 Å². The molecular weight excluding hydrogens is 424 g/mol. The number of hydrogen-bond donors (Lipinski definition) is 2. The second-order valence-electron chi connectivity index (χ2n) is 7.72. The number of aromatic nitrogens is 4. The first-order valence-electron chi connectivity index (χ1n) is 8.82. The number of rotatable bonds is 4. The predicted octanol–water partition coefficient (Wildman–Crippen LogP) is 3.02. The molecule has 0 radical (unpaired) electrons. The number of hydrogen-bond acceptors (Lipinski definition) is 5. The van der Waals surface area contributed by atoms with E-state index in [4.69, 9.17) is 0 Å². The van der Waals surface area contributed by atoms with E-state index in [1.807, 2.05) is 45.9 Å². The largest absolute Gasteiger partial charge is 0.336 e. The van der Waals surface area contributed by atoms with Crippen molar-refractivity contribution in [3.05, 3.63) is 44.8 Å². The quantitative estimate of drug-likeness (QED) is 0.641. The van der Waals surface area contributed by atoms with Crippen molar-refractivity contribution in [2.45, 2.75) is 33.2 Å². The molecule has 0 fully saturated rings. The second kappa shape index (κ2) is 7.38. The van der Waals surface area contributed by atoms with Gasteiger partial charge >= 0.3 is 0 Å². The summed E-state index contributed by atoms with van der Waals surface area (Å²) in [6.07, 6.45) is 1.51. The molecule has 28 heavy (non-hydrogen) atoms. The topological polar surface area (TPSA) is 95.9 Å². The zero-order chi connectivity index (χ0) is 20.6. The smallest absolute Gasteiger partial charge is 0.263 e. The standard InChI is InChI=1S/C19H23BrN6O2/c1-11-8-12(20)6-7-14(11)22-15(27)10-25(5)18-23-16-13(17(28)24-18)9-21-26(16)19(2,3)4/h6-9H,10H2,1-5H3,(H,22,27)(H,23,24,28). The van der Waals surface area contributed by atoms with Crippen LogP contribution < -0.4 is 15.8 Å². The summed E-state index contributed by atoms with van der Waals surface area (Å²) in [6.45, 7) is 7.91. The molecule has 148 valence electrons. The summed E-state index contributed by atoms with van der Waals surface area (Å²) in [7, 11) is 1.70. The van der Waals surface area contributed by atoms with Crippen molar-refractivity contribution in [2.75, 3.05) is 23.8 Å². The van der Waals surface area contributed by atoms with E-state index >= 15 is 0 Å². The number of anilines is 2. The highest BCUT2D eigenvalue weighted by atomic mass is 79.9. The zero-order valence-corrected chi connectivity index (χ0v) is 18.1. The molecule has 0 unspecified atom stereocenters. The normalized spacial score (nSPS) is 11.6. The lowest BCUT2D eigenvalue weighted by atomic mass is 10.1. The van der Waals surface area contributed by atoms with Gasteiger partial charge in [-0.15, -0.1) is 0 Å². The summed E-state index contributed by atoms with van der Waals surface area (Å²) in [5, 5.41) is 7.59. The first-order valence-corrected chi connectivity index (χ1v) is 9.61. The van der Waals surface area contributed by atoms with Gasteiger partial charge in [-0.3, -0.25) is 14.6 Å². The van der Waals surface area contributed by atoms with Crippen molar-refractivity contribution in [3.8, 4) is 0 Å². The Morgan fingerprint density at radius 2 is 2.07 bits per heavy atom. The summed E-state index contributed by atoms with van der Waals surface area (Å²) in [6, 6.07) is 5.64. The molecule has 0 spiro atoms. The van der Waals surface area contributed by atoms with Crippen molar-refractivity contribution in [1.82, 2.24) is 19.7 Å². The van der Waals surface area contributed by atoms with Crippen LogP contribution in [0.1, 0.15) is 26.3 Å². The highest BCUT2D eigenvalue weighted by Gasteiger charge is 2.21. The highest BCUT2D eigenvalue weighted by molar-refractivity contribution is 9.10. The van der Waals surface area contributed by atoms with Crippen LogP contribution in [0.3, 0.4) is 0 Å². The summed E-state index contributed by atoms with van der Waals surface area (Å²) < 4.78 is 2.66. The maximum atomic E-state index is 12.5. The van der Waals surface area contributed by atoms with Crippen LogP contribution in [0.4, 0.5) is 11.6 Å². The molecule has 8 nitrogen and oxygen atoms in total. The monoisotopic (exact) mass is 446 g/mol. The van der Waals surface area contributed by atoms with E-state index in [-0.39, 0.29) is 23.6 Å². The number of aromatic amines is 1. The van der Waals surface area contributed by atoms with Gasteiger partial charge in [-0.2, -0.15) is 10.1 Å². The van der Waals surface area contributed by atoms with Crippen LogP contribution in [0.2, 0.25) is 0 Å². The summed E-state index contributed by atoms with van der Waals surface area (Å²) in [4.78, 5) is 33.7. The molecule has 0 aliphatic rings. The molecule has 2 heterocycles. The van der Waals surface area contributed by atoms with Gasteiger partial charge in [-0.1, -0.05) is 15.9 Å². The molecule has 0 aliphatic carbocycles. The minimum absolute atomic E-state index is 0.0353. The van der Waals surface area contributed by atoms with Crippen LogP contribution in [0.5, 0.6) is 0 Å². The molecule has 2 aromatic heterocycles. The molecule has 0 saturated carbocycles. The number of nitrogens with zero attached hydrogens (tertiary/aromatic N) is 4. The van der Waals surface area contributed by atoms with E-state index in [9.17, 15) is 9.59 Å². The minimum atomic E-state index is -0.325. The van der Waals surface area contributed by atoms with E-state index in [0.29, 0.717) is 17.0 Å². The first-order chi connectivity index (χ1) is 13.1. The van der Waals surface area contributed by atoms with Gasteiger partial charge in [0.1, 0.15) is 5.39 Å². The number of fused-ring (bicyclic) bond motifs is 1. The van der Waals surface area contributed by atoms with Gasteiger partial charge in [0.2, 0.25) is 11.9 Å². The molecule has 0 atom stereocenters. The van der Waals surface area contributed by atoms with Crippen molar-refractivity contribution in [1.29, 1.82) is 0 Å². The van der Waals surface area contributed by atoms with Gasteiger partial charge in [0.15, 0.2) is 5.65 Å². The third-order valence-corrected chi connectivity index (χ3v) is 4.76. The minimum Gasteiger partial charge on any atom is -0.336 e. The molecule has 0 saturated heterocycles. The van der Waals surface area contributed by atoms with E-state index in [1.165, 1.54) is 6.20 Å². The van der Waals surface area contributed by atoms with Crippen LogP contribution in [-0.2, 0) is 10.3 Å². The third-order valence-electron chi connectivity index (χ3n) is 4.27.